The average Bonchev–Trinajstić information content (AvgIpc) is 2.95. The maximum Gasteiger partial charge on any atom is 0.235 e. The van der Waals surface area contributed by atoms with Gasteiger partial charge in [-0.25, -0.2) is 0 Å². The Morgan fingerprint density at radius 2 is 2.21 bits per heavy atom. The number of aryl methyl sites for hydroxylation is 1. The van der Waals surface area contributed by atoms with Crippen molar-refractivity contribution in [3.63, 3.8) is 0 Å². The molecule has 0 saturated carbocycles. The first kappa shape index (κ1) is 13.7. The Labute approximate surface area is 117 Å². The lowest BCUT2D eigenvalue weighted by molar-refractivity contribution is -0.127. The molecular formula is C9H12N6O2S2. The van der Waals surface area contributed by atoms with Crippen LogP contribution in [-0.2, 0) is 11.3 Å². The van der Waals surface area contributed by atoms with Crippen LogP contribution in [-0.4, -0.2) is 44.0 Å². The van der Waals surface area contributed by atoms with Crippen molar-refractivity contribution in [1.29, 1.82) is 0 Å². The third-order valence-electron chi connectivity index (χ3n) is 2.11. The number of amides is 1. The van der Waals surface area contributed by atoms with Gasteiger partial charge in [-0.3, -0.25) is 4.79 Å². The lowest BCUT2D eigenvalue weighted by Crippen LogP contribution is -2.27. The number of rotatable bonds is 5. The van der Waals surface area contributed by atoms with Gasteiger partial charge >= 0.3 is 0 Å². The first-order chi connectivity index (χ1) is 9.04. The molecule has 2 heterocycles. The van der Waals surface area contributed by atoms with E-state index >= 15 is 0 Å². The molecule has 0 unspecified atom stereocenters. The highest BCUT2D eigenvalue weighted by Crippen LogP contribution is 2.23. The number of hydrogen-bond donors (Lipinski definition) is 1. The number of nitrogens with zero attached hydrogens (tertiary/aromatic N) is 5. The Hall–Kier alpha value is -1.68. The van der Waals surface area contributed by atoms with Crippen molar-refractivity contribution < 1.29 is 9.21 Å². The van der Waals surface area contributed by atoms with Gasteiger partial charge < -0.3 is 15.1 Å². The SMILES string of the molecule is Cc1nnc(CN(C)C(=O)CSc2nnc(N)s2)o1. The van der Waals surface area contributed by atoms with Gasteiger partial charge in [-0.1, -0.05) is 23.1 Å². The molecule has 0 aliphatic heterocycles. The molecule has 0 fully saturated rings. The number of thioether (sulfide) groups is 1. The molecule has 8 nitrogen and oxygen atoms in total. The Balaban J connectivity index is 1.82. The number of hydrogen-bond acceptors (Lipinski definition) is 9. The van der Waals surface area contributed by atoms with Gasteiger partial charge in [0.05, 0.1) is 12.3 Å². The summed E-state index contributed by atoms with van der Waals surface area (Å²) in [4.78, 5) is 13.4. The van der Waals surface area contributed by atoms with Crippen molar-refractivity contribution in [1.82, 2.24) is 25.3 Å². The quantitative estimate of drug-likeness (QED) is 0.797. The van der Waals surface area contributed by atoms with Gasteiger partial charge in [0.1, 0.15) is 0 Å². The van der Waals surface area contributed by atoms with Crippen LogP contribution in [0.15, 0.2) is 8.76 Å². The summed E-state index contributed by atoms with van der Waals surface area (Å²) < 4.78 is 5.88. The zero-order valence-corrected chi connectivity index (χ0v) is 12.0. The van der Waals surface area contributed by atoms with Gasteiger partial charge in [0.15, 0.2) is 4.34 Å². The number of nitrogen functional groups attached to an aromatic ring is 1. The largest absolute Gasteiger partial charge is 0.424 e. The molecule has 0 radical (unpaired) electrons. The van der Waals surface area contributed by atoms with Gasteiger partial charge in [0.25, 0.3) is 0 Å². The third kappa shape index (κ3) is 3.89. The highest BCUT2D eigenvalue weighted by atomic mass is 32.2. The van der Waals surface area contributed by atoms with Crippen LogP contribution in [0.1, 0.15) is 11.8 Å². The van der Waals surface area contributed by atoms with E-state index in [1.54, 1.807) is 14.0 Å². The second kappa shape index (κ2) is 5.97. The van der Waals surface area contributed by atoms with Crippen molar-refractivity contribution in [2.75, 3.05) is 18.5 Å². The van der Waals surface area contributed by atoms with Gasteiger partial charge in [0.2, 0.25) is 22.8 Å². The molecule has 19 heavy (non-hydrogen) atoms. The third-order valence-corrected chi connectivity index (χ3v) is 3.98. The zero-order valence-electron chi connectivity index (χ0n) is 10.4. The molecule has 2 N–H and O–H groups in total. The van der Waals surface area contributed by atoms with E-state index in [2.05, 4.69) is 20.4 Å². The fraction of sp³-hybridized carbons (Fsp3) is 0.444. The zero-order chi connectivity index (χ0) is 13.8. The van der Waals surface area contributed by atoms with Gasteiger partial charge in [-0.05, 0) is 0 Å². The maximum absolute atomic E-state index is 11.9. The number of nitrogens with two attached hydrogens (primary N) is 1. The fourth-order valence-electron chi connectivity index (χ4n) is 1.20. The molecule has 0 aromatic carbocycles. The Morgan fingerprint density at radius 1 is 1.42 bits per heavy atom. The van der Waals surface area contributed by atoms with E-state index in [9.17, 15) is 4.79 Å². The standard InChI is InChI=1S/C9H12N6O2S2/c1-5-11-12-6(17-5)3-15(2)7(16)4-18-9-14-13-8(10)19-9/h3-4H2,1-2H3,(H2,10,13). The summed E-state index contributed by atoms with van der Waals surface area (Å²) in [6.07, 6.45) is 0. The van der Waals surface area contributed by atoms with E-state index in [1.807, 2.05) is 0 Å². The molecule has 0 aliphatic carbocycles. The van der Waals surface area contributed by atoms with Crippen LogP contribution in [0.5, 0.6) is 0 Å². The molecule has 2 aromatic rings. The van der Waals surface area contributed by atoms with Crippen LogP contribution in [0.25, 0.3) is 0 Å². The molecule has 2 aromatic heterocycles. The molecule has 0 spiro atoms. The van der Waals surface area contributed by atoms with E-state index < -0.39 is 0 Å². The second-order valence-corrected chi connectivity index (χ2v) is 5.89. The number of carbonyl (C=O) groups is 1. The lowest BCUT2D eigenvalue weighted by atomic mass is 10.5. The molecular weight excluding hydrogens is 288 g/mol. The van der Waals surface area contributed by atoms with Crippen LogP contribution >= 0.6 is 23.1 Å². The minimum absolute atomic E-state index is 0.0605. The second-order valence-electron chi connectivity index (χ2n) is 3.66. The minimum atomic E-state index is -0.0605. The molecule has 0 aliphatic rings. The number of carbonyl (C=O) groups excluding carboxylic acids is 1. The molecule has 0 saturated heterocycles. The van der Waals surface area contributed by atoms with Crippen molar-refractivity contribution >= 4 is 34.1 Å². The van der Waals surface area contributed by atoms with Crippen LogP contribution in [0.2, 0.25) is 0 Å². The van der Waals surface area contributed by atoms with Crippen molar-refractivity contribution in [2.45, 2.75) is 17.8 Å². The molecule has 2 rings (SSSR count). The van der Waals surface area contributed by atoms with Gasteiger partial charge in [-0.15, -0.1) is 20.4 Å². The Morgan fingerprint density at radius 3 is 2.79 bits per heavy atom. The normalized spacial score (nSPS) is 10.6. The molecule has 1 amide bonds. The molecule has 0 atom stereocenters. The predicted molar refractivity (Wildman–Crippen MR) is 70.6 cm³/mol. The predicted octanol–water partition coefficient (Wildman–Crippen LogP) is 0.562. The summed E-state index contributed by atoms with van der Waals surface area (Å²) in [6.45, 7) is 1.99. The summed E-state index contributed by atoms with van der Waals surface area (Å²) in [7, 11) is 1.68. The van der Waals surface area contributed by atoms with E-state index in [1.165, 1.54) is 28.0 Å². The average molecular weight is 300 g/mol. The number of aromatic nitrogens is 4. The van der Waals surface area contributed by atoms with Gasteiger partial charge in [-0.2, -0.15) is 0 Å². The summed E-state index contributed by atoms with van der Waals surface area (Å²) in [5, 5.41) is 15.4. The van der Waals surface area contributed by atoms with Crippen LogP contribution in [0.3, 0.4) is 0 Å². The van der Waals surface area contributed by atoms with Crippen LogP contribution in [0, 0.1) is 6.92 Å². The Kier molecular flexibility index (Phi) is 4.32. The van der Waals surface area contributed by atoms with Crippen molar-refractivity contribution in [2.24, 2.45) is 0 Å². The minimum Gasteiger partial charge on any atom is -0.424 e. The van der Waals surface area contributed by atoms with E-state index in [0.29, 0.717) is 27.8 Å². The Bertz CT molecular complexity index is 569. The highest BCUT2D eigenvalue weighted by molar-refractivity contribution is 8.01. The summed E-state index contributed by atoms with van der Waals surface area (Å²) in [5.74, 6) is 1.10. The first-order valence-electron chi connectivity index (χ1n) is 5.29. The van der Waals surface area contributed by atoms with E-state index in [4.69, 9.17) is 10.2 Å². The fourth-order valence-corrected chi connectivity index (χ4v) is 2.78. The topological polar surface area (TPSA) is 111 Å². The summed E-state index contributed by atoms with van der Waals surface area (Å²) in [5.41, 5.74) is 5.46. The number of anilines is 1. The van der Waals surface area contributed by atoms with E-state index in [-0.39, 0.29) is 11.7 Å². The van der Waals surface area contributed by atoms with Gasteiger partial charge in [0, 0.05) is 14.0 Å². The van der Waals surface area contributed by atoms with Crippen LogP contribution in [0.4, 0.5) is 5.13 Å². The van der Waals surface area contributed by atoms with Crippen molar-refractivity contribution in [3.05, 3.63) is 11.8 Å². The van der Waals surface area contributed by atoms with Crippen LogP contribution < -0.4 is 5.73 Å². The summed E-state index contributed by atoms with van der Waals surface area (Å²) >= 11 is 2.56. The maximum atomic E-state index is 11.9. The molecule has 102 valence electrons. The lowest BCUT2D eigenvalue weighted by Gasteiger charge is -2.13. The van der Waals surface area contributed by atoms with E-state index in [0.717, 1.165) is 0 Å². The van der Waals surface area contributed by atoms with Crippen molar-refractivity contribution in [3.8, 4) is 0 Å². The highest BCUT2D eigenvalue weighted by Gasteiger charge is 2.14. The molecule has 10 heteroatoms. The smallest absolute Gasteiger partial charge is 0.235 e. The summed E-state index contributed by atoms with van der Waals surface area (Å²) in [6, 6.07) is 0. The molecule has 0 bridgehead atoms. The first-order valence-corrected chi connectivity index (χ1v) is 7.09. The monoisotopic (exact) mass is 300 g/mol.